The van der Waals surface area contributed by atoms with Crippen molar-refractivity contribution in [3.63, 3.8) is 0 Å². The van der Waals surface area contributed by atoms with Crippen LogP contribution in [0.1, 0.15) is 44.2 Å². The summed E-state index contributed by atoms with van der Waals surface area (Å²) < 4.78 is 54.5. The third kappa shape index (κ3) is 6.83. The second kappa shape index (κ2) is 13.5. The number of benzene rings is 4. The first kappa shape index (κ1) is 31.2. The van der Waals surface area contributed by atoms with Crippen molar-refractivity contribution in [1.82, 2.24) is 0 Å². The third-order valence-corrected chi connectivity index (χ3v) is 12.4. The molecule has 2 unspecified atom stereocenters. The molecule has 0 aliphatic heterocycles. The Bertz CT molecular complexity index is 1400. The molecule has 0 aliphatic carbocycles. The maximum atomic E-state index is 14.2. The Morgan fingerprint density at radius 1 is 0.810 bits per heavy atom. The lowest BCUT2D eigenvalue weighted by atomic mass is 9.91. The van der Waals surface area contributed by atoms with E-state index in [9.17, 15) is 23.1 Å². The van der Waals surface area contributed by atoms with Crippen molar-refractivity contribution in [3.05, 3.63) is 132 Å². The van der Waals surface area contributed by atoms with Crippen LogP contribution in [0.25, 0.3) is 0 Å². The molecule has 0 fully saturated rings. The summed E-state index contributed by atoms with van der Waals surface area (Å²) in [5.41, 5.74) is 0.480. The molecule has 4 nitrogen and oxygen atoms in total. The van der Waals surface area contributed by atoms with E-state index in [1.165, 1.54) is 0 Å². The first-order valence-corrected chi connectivity index (χ1v) is 15.7. The van der Waals surface area contributed by atoms with Crippen LogP contribution in [0.3, 0.4) is 0 Å². The highest BCUT2D eigenvalue weighted by Crippen LogP contribution is 2.37. The van der Waals surface area contributed by atoms with Crippen LogP contribution in [0, 0.1) is 17.5 Å². The van der Waals surface area contributed by atoms with Gasteiger partial charge in [-0.15, -0.1) is 0 Å². The van der Waals surface area contributed by atoms with Crippen molar-refractivity contribution < 1.29 is 32.2 Å². The predicted molar refractivity (Wildman–Crippen MR) is 159 cm³/mol. The van der Waals surface area contributed by atoms with E-state index in [1.807, 2.05) is 66.7 Å². The van der Waals surface area contributed by atoms with Gasteiger partial charge in [0.1, 0.15) is 12.5 Å². The zero-order valence-electron chi connectivity index (χ0n) is 23.9. The summed E-state index contributed by atoms with van der Waals surface area (Å²) in [6, 6.07) is 30.2. The van der Waals surface area contributed by atoms with Crippen LogP contribution in [0.2, 0.25) is 5.04 Å². The molecule has 4 rings (SSSR count). The normalized spacial score (nSPS) is 13.4. The molecule has 0 bridgehead atoms. The first-order chi connectivity index (χ1) is 20.0. The largest absolute Gasteiger partial charge is 0.460 e. The van der Waals surface area contributed by atoms with Gasteiger partial charge in [0.2, 0.25) is 0 Å². The third-order valence-electron chi connectivity index (χ3n) is 7.38. The molecule has 0 aliphatic rings. The van der Waals surface area contributed by atoms with Gasteiger partial charge >= 0.3 is 5.97 Å². The number of hydrogen-bond donors (Lipinski definition) is 1. The van der Waals surface area contributed by atoms with Crippen molar-refractivity contribution >= 4 is 24.7 Å². The van der Waals surface area contributed by atoms with Gasteiger partial charge < -0.3 is 14.3 Å². The molecular weight excluding hydrogens is 557 g/mol. The van der Waals surface area contributed by atoms with E-state index in [-0.39, 0.29) is 30.2 Å². The monoisotopic (exact) mass is 592 g/mol. The van der Waals surface area contributed by atoms with Crippen molar-refractivity contribution in [2.45, 2.75) is 50.9 Å². The summed E-state index contributed by atoms with van der Waals surface area (Å²) in [5.74, 6) is -6.92. The van der Waals surface area contributed by atoms with E-state index in [1.54, 1.807) is 24.3 Å². The molecule has 220 valence electrons. The Morgan fingerprint density at radius 2 is 1.29 bits per heavy atom. The molecule has 4 aromatic carbocycles. The van der Waals surface area contributed by atoms with Gasteiger partial charge in [-0.25, -0.2) is 13.2 Å². The lowest BCUT2D eigenvalue weighted by Crippen LogP contribution is -2.66. The van der Waals surface area contributed by atoms with Gasteiger partial charge in [-0.1, -0.05) is 112 Å². The van der Waals surface area contributed by atoms with E-state index in [4.69, 9.17) is 9.16 Å². The van der Waals surface area contributed by atoms with E-state index in [2.05, 4.69) is 20.8 Å². The molecule has 0 saturated heterocycles. The number of esters is 1. The molecule has 8 heteroatoms. The van der Waals surface area contributed by atoms with Crippen molar-refractivity contribution in [2.75, 3.05) is 6.61 Å². The van der Waals surface area contributed by atoms with Crippen LogP contribution in [0.4, 0.5) is 13.2 Å². The molecule has 0 amide bonds. The van der Waals surface area contributed by atoms with Crippen LogP contribution in [0.5, 0.6) is 0 Å². The molecule has 42 heavy (non-hydrogen) atoms. The Labute approximate surface area is 245 Å². The summed E-state index contributed by atoms with van der Waals surface area (Å²) in [5, 5.41) is 13.1. The number of hydrogen-bond acceptors (Lipinski definition) is 4. The fourth-order valence-electron chi connectivity index (χ4n) is 5.35. The summed E-state index contributed by atoms with van der Waals surface area (Å²) in [6.45, 7) is 6.28. The molecule has 0 spiro atoms. The minimum Gasteiger partial charge on any atom is -0.460 e. The number of aliphatic hydroxyl groups is 1. The Morgan fingerprint density at radius 3 is 1.76 bits per heavy atom. The molecule has 4 aromatic rings. The second-order valence-electron chi connectivity index (χ2n) is 11.2. The molecular formula is C34H35F3O4Si. The summed E-state index contributed by atoms with van der Waals surface area (Å²) in [7, 11) is -2.94. The van der Waals surface area contributed by atoms with Gasteiger partial charge in [0.25, 0.3) is 8.32 Å². The second-order valence-corrected chi connectivity index (χ2v) is 15.5. The van der Waals surface area contributed by atoms with Gasteiger partial charge in [0.15, 0.2) is 17.5 Å². The fraction of sp³-hybridized carbons (Fsp3) is 0.265. The topological polar surface area (TPSA) is 55.8 Å². The number of rotatable bonds is 11. The molecule has 0 aromatic heterocycles. The van der Waals surface area contributed by atoms with Crippen molar-refractivity contribution in [2.24, 2.45) is 0 Å². The smallest absolute Gasteiger partial charge is 0.316 e. The van der Waals surface area contributed by atoms with Crippen LogP contribution >= 0.6 is 0 Å². The summed E-state index contributed by atoms with van der Waals surface area (Å²) in [6.07, 6.45) is -1.48. The number of halogens is 3. The average Bonchev–Trinajstić information content (AvgIpc) is 2.98. The molecule has 0 heterocycles. The number of aliphatic hydroxyl groups excluding tert-OH is 1. The fourth-order valence-corrected chi connectivity index (χ4v) is 9.93. The van der Waals surface area contributed by atoms with Crippen LogP contribution in [-0.2, 0) is 20.6 Å². The van der Waals surface area contributed by atoms with Crippen LogP contribution < -0.4 is 10.4 Å². The number of ether oxygens (including phenoxy) is 1. The zero-order chi connectivity index (χ0) is 30.3. The van der Waals surface area contributed by atoms with Crippen molar-refractivity contribution in [3.8, 4) is 0 Å². The minimum absolute atomic E-state index is 0.0447. The van der Waals surface area contributed by atoms with E-state index in [0.717, 1.165) is 22.5 Å². The molecule has 2 atom stereocenters. The first-order valence-electron chi connectivity index (χ1n) is 13.8. The maximum Gasteiger partial charge on any atom is 0.316 e. The highest BCUT2D eigenvalue weighted by molar-refractivity contribution is 6.99. The van der Waals surface area contributed by atoms with E-state index >= 15 is 0 Å². The van der Waals surface area contributed by atoms with Crippen LogP contribution in [0.15, 0.2) is 103 Å². The van der Waals surface area contributed by atoms with Gasteiger partial charge in [-0.05, 0) is 45.1 Å². The van der Waals surface area contributed by atoms with Gasteiger partial charge in [0.05, 0.1) is 6.10 Å². The minimum atomic E-state index is -2.94. The highest BCUT2D eigenvalue weighted by atomic mass is 28.4. The number of carbonyl (C=O) groups excluding carboxylic acids is 1. The van der Waals surface area contributed by atoms with E-state index in [0.29, 0.717) is 5.56 Å². The average molecular weight is 593 g/mol. The standard InChI is InChI=1S/C34H35F3O4Si/c1-34(2,3)42(26-15-9-5-10-16-26,27-17-11-6-12-18-27)41-20-19-30(38)31(25-21-28(35)32(37)29(36)22-25)33(39)40-23-24-13-7-4-8-14-24/h4-18,21-22,30-31,38H,19-20,23H2,1-3H3. The lowest BCUT2D eigenvalue weighted by Gasteiger charge is -2.43. The maximum absolute atomic E-state index is 14.2. The Kier molecular flexibility index (Phi) is 10.0. The molecule has 0 radical (unpaired) electrons. The lowest BCUT2D eigenvalue weighted by molar-refractivity contribution is -0.150. The highest BCUT2D eigenvalue weighted by Gasteiger charge is 2.50. The SMILES string of the molecule is CC(C)(C)[Si](OCCC(O)C(C(=O)OCc1ccccc1)c1cc(F)c(F)c(F)c1)(c1ccccc1)c1ccccc1. The zero-order valence-corrected chi connectivity index (χ0v) is 24.9. The predicted octanol–water partition coefficient (Wildman–Crippen LogP) is 6.26. The molecule has 1 N–H and O–H groups in total. The van der Waals surface area contributed by atoms with E-state index < -0.39 is 43.8 Å². The van der Waals surface area contributed by atoms with Gasteiger partial charge in [-0.2, -0.15) is 0 Å². The molecule has 0 saturated carbocycles. The summed E-state index contributed by atoms with van der Waals surface area (Å²) >= 11 is 0. The van der Waals surface area contributed by atoms with Crippen LogP contribution in [-0.4, -0.2) is 32.1 Å². The summed E-state index contributed by atoms with van der Waals surface area (Å²) in [4.78, 5) is 13.3. The van der Waals surface area contributed by atoms with Crippen molar-refractivity contribution in [1.29, 1.82) is 0 Å². The van der Waals surface area contributed by atoms with Gasteiger partial charge in [0, 0.05) is 6.61 Å². The Balaban J connectivity index is 1.63. The Hall–Kier alpha value is -3.72. The quantitative estimate of drug-likeness (QED) is 0.127. The number of carbonyl (C=O) groups is 1. The van der Waals surface area contributed by atoms with Gasteiger partial charge in [-0.3, -0.25) is 4.79 Å².